The molecule has 0 aromatic carbocycles. The summed E-state index contributed by atoms with van der Waals surface area (Å²) in [5.41, 5.74) is 1.43. The fraction of sp³-hybridized carbons (Fsp3) is 1.00. The van der Waals surface area contributed by atoms with Gasteiger partial charge in [0.05, 0.1) is 0 Å². The van der Waals surface area contributed by atoms with Gasteiger partial charge in [-0.15, -0.1) is 0 Å². The van der Waals surface area contributed by atoms with Crippen LogP contribution in [-0.4, -0.2) is 74.1 Å². The van der Waals surface area contributed by atoms with E-state index in [0.717, 1.165) is 17.3 Å². The second-order valence-corrected chi connectivity index (χ2v) is 10.8. The average Bonchev–Trinajstić information content (AvgIpc) is 3.28. The van der Waals surface area contributed by atoms with Crippen LogP contribution in [0.5, 0.6) is 0 Å². The predicted molar refractivity (Wildman–Crippen MR) is 106 cm³/mol. The number of piperidine rings is 2. The number of hydrogen-bond acceptors (Lipinski definition) is 3. The molecule has 3 heterocycles. The summed E-state index contributed by atoms with van der Waals surface area (Å²) in [6, 6.07) is 0. The standard InChI is InChI=1S/C22H41N3/c1-19(2)14-21(6-7-21)16-24-12-8-22(9-13-24)17-25(18-22)15-20-4-10-23(3)11-5-20/h19-20H,4-18H2,1-3H3. The van der Waals surface area contributed by atoms with Crippen molar-refractivity contribution < 1.29 is 0 Å². The minimum absolute atomic E-state index is 0.705. The molecule has 4 rings (SSSR count). The summed E-state index contributed by atoms with van der Waals surface area (Å²) in [6.45, 7) is 15.8. The summed E-state index contributed by atoms with van der Waals surface area (Å²) in [6.07, 6.45) is 10.2. The van der Waals surface area contributed by atoms with E-state index in [0.29, 0.717) is 5.41 Å². The molecule has 0 bridgehead atoms. The Bertz CT molecular complexity index is 432. The molecule has 0 aromatic rings. The Morgan fingerprint density at radius 3 is 2.08 bits per heavy atom. The van der Waals surface area contributed by atoms with Crippen LogP contribution in [-0.2, 0) is 0 Å². The first-order valence-electron chi connectivity index (χ1n) is 11.1. The van der Waals surface area contributed by atoms with Crippen LogP contribution in [0.3, 0.4) is 0 Å². The molecule has 1 saturated carbocycles. The molecule has 3 aliphatic heterocycles. The SMILES string of the molecule is CC(C)CC1(CN2CCC3(CC2)CN(CC2CCN(C)CC2)C3)CC1. The molecule has 3 saturated heterocycles. The molecular formula is C22H41N3. The summed E-state index contributed by atoms with van der Waals surface area (Å²) in [5, 5.41) is 0. The van der Waals surface area contributed by atoms with Crippen molar-refractivity contribution in [2.45, 2.75) is 58.8 Å². The zero-order chi connectivity index (χ0) is 17.5. The Labute approximate surface area is 156 Å². The second-order valence-electron chi connectivity index (χ2n) is 10.8. The maximum Gasteiger partial charge on any atom is 0.00516 e. The smallest absolute Gasteiger partial charge is 0.00516 e. The zero-order valence-electron chi connectivity index (χ0n) is 17.1. The van der Waals surface area contributed by atoms with Gasteiger partial charge in [0.15, 0.2) is 0 Å². The maximum atomic E-state index is 2.82. The highest BCUT2D eigenvalue weighted by molar-refractivity contribution is 5.01. The Balaban J connectivity index is 1.16. The molecule has 1 aliphatic carbocycles. The first-order chi connectivity index (χ1) is 12.0. The largest absolute Gasteiger partial charge is 0.306 e. The molecule has 0 atom stereocenters. The molecule has 0 aromatic heterocycles. The monoisotopic (exact) mass is 347 g/mol. The van der Waals surface area contributed by atoms with Crippen LogP contribution in [0, 0.1) is 22.7 Å². The van der Waals surface area contributed by atoms with Gasteiger partial charge in [0.1, 0.15) is 0 Å². The average molecular weight is 348 g/mol. The quantitative estimate of drug-likeness (QED) is 0.727. The number of rotatable bonds is 6. The van der Waals surface area contributed by atoms with Gasteiger partial charge in [-0.25, -0.2) is 0 Å². The van der Waals surface area contributed by atoms with Crippen molar-refractivity contribution in [3.63, 3.8) is 0 Å². The van der Waals surface area contributed by atoms with Crippen molar-refractivity contribution >= 4 is 0 Å². The Kier molecular flexibility index (Phi) is 5.20. The minimum atomic E-state index is 0.705. The van der Waals surface area contributed by atoms with Crippen LogP contribution >= 0.6 is 0 Å². The van der Waals surface area contributed by atoms with Gasteiger partial charge >= 0.3 is 0 Å². The lowest BCUT2D eigenvalue weighted by atomic mass is 9.71. The van der Waals surface area contributed by atoms with Gasteiger partial charge in [0.25, 0.3) is 0 Å². The lowest BCUT2D eigenvalue weighted by molar-refractivity contribution is -0.0591. The third-order valence-corrected chi connectivity index (χ3v) is 7.75. The third-order valence-electron chi connectivity index (χ3n) is 7.75. The molecule has 3 heteroatoms. The highest BCUT2D eigenvalue weighted by Crippen LogP contribution is 2.52. The van der Waals surface area contributed by atoms with Gasteiger partial charge in [-0.05, 0) is 101 Å². The first kappa shape index (κ1) is 18.3. The molecule has 144 valence electrons. The summed E-state index contributed by atoms with van der Waals surface area (Å²) in [4.78, 5) is 8.10. The van der Waals surface area contributed by atoms with Gasteiger partial charge < -0.3 is 14.7 Å². The van der Waals surface area contributed by atoms with Crippen LogP contribution in [0.15, 0.2) is 0 Å². The van der Waals surface area contributed by atoms with E-state index < -0.39 is 0 Å². The highest BCUT2D eigenvalue weighted by Gasteiger charge is 2.48. The Morgan fingerprint density at radius 1 is 0.880 bits per heavy atom. The van der Waals surface area contributed by atoms with E-state index in [1.165, 1.54) is 97.3 Å². The van der Waals surface area contributed by atoms with Crippen LogP contribution in [0.1, 0.15) is 58.8 Å². The molecule has 25 heavy (non-hydrogen) atoms. The van der Waals surface area contributed by atoms with Gasteiger partial charge in [-0.1, -0.05) is 13.8 Å². The predicted octanol–water partition coefficient (Wildman–Crippen LogP) is 3.55. The number of likely N-dealkylation sites (tertiary alicyclic amines) is 3. The van der Waals surface area contributed by atoms with E-state index in [1.54, 1.807) is 0 Å². The molecule has 3 nitrogen and oxygen atoms in total. The topological polar surface area (TPSA) is 9.72 Å². The Morgan fingerprint density at radius 2 is 1.52 bits per heavy atom. The van der Waals surface area contributed by atoms with E-state index in [1.807, 2.05) is 0 Å². The van der Waals surface area contributed by atoms with E-state index in [-0.39, 0.29) is 0 Å². The number of hydrogen-bond donors (Lipinski definition) is 0. The zero-order valence-corrected chi connectivity index (χ0v) is 17.1. The van der Waals surface area contributed by atoms with Crippen LogP contribution < -0.4 is 0 Å². The van der Waals surface area contributed by atoms with Gasteiger partial charge in [0, 0.05) is 26.2 Å². The van der Waals surface area contributed by atoms with Crippen molar-refractivity contribution in [2.75, 3.05) is 59.4 Å². The maximum absolute atomic E-state index is 2.82. The lowest BCUT2D eigenvalue weighted by Crippen LogP contribution is -2.61. The van der Waals surface area contributed by atoms with Crippen LogP contribution in [0.25, 0.3) is 0 Å². The molecule has 0 N–H and O–H groups in total. The highest BCUT2D eigenvalue weighted by atomic mass is 15.2. The van der Waals surface area contributed by atoms with E-state index in [4.69, 9.17) is 0 Å². The van der Waals surface area contributed by atoms with Gasteiger partial charge in [0.2, 0.25) is 0 Å². The van der Waals surface area contributed by atoms with Crippen LogP contribution in [0.2, 0.25) is 0 Å². The van der Waals surface area contributed by atoms with Crippen molar-refractivity contribution in [1.29, 1.82) is 0 Å². The third kappa shape index (κ3) is 4.42. The normalized spacial score (nSPS) is 30.7. The van der Waals surface area contributed by atoms with E-state index >= 15 is 0 Å². The summed E-state index contributed by atoms with van der Waals surface area (Å²) >= 11 is 0. The van der Waals surface area contributed by atoms with Crippen LogP contribution in [0.4, 0.5) is 0 Å². The molecular weight excluding hydrogens is 306 g/mol. The molecule has 0 amide bonds. The fourth-order valence-electron chi connectivity index (χ4n) is 6.09. The minimum Gasteiger partial charge on any atom is -0.306 e. The van der Waals surface area contributed by atoms with E-state index in [9.17, 15) is 0 Å². The molecule has 0 unspecified atom stereocenters. The first-order valence-corrected chi connectivity index (χ1v) is 11.1. The second kappa shape index (κ2) is 7.13. The molecule has 4 aliphatic rings. The molecule has 1 spiro atoms. The van der Waals surface area contributed by atoms with Gasteiger partial charge in [-0.2, -0.15) is 0 Å². The fourth-order valence-corrected chi connectivity index (χ4v) is 6.09. The molecule has 4 fully saturated rings. The molecule has 0 radical (unpaired) electrons. The van der Waals surface area contributed by atoms with Crippen molar-refractivity contribution in [3.8, 4) is 0 Å². The van der Waals surface area contributed by atoms with Crippen molar-refractivity contribution in [3.05, 3.63) is 0 Å². The van der Waals surface area contributed by atoms with Crippen molar-refractivity contribution in [1.82, 2.24) is 14.7 Å². The van der Waals surface area contributed by atoms with Gasteiger partial charge in [-0.3, -0.25) is 0 Å². The summed E-state index contributed by atoms with van der Waals surface area (Å²) in [5.74, 6) is 1.85. The summed E-state index contributed by atoms with van der Waals surface area (Å²) in [7, 11) is 2.27. The Hall–Kier alpha value is -0.120. The van der Waals surface area contributed by atoms with E-state index in [2.05, 4.69) is 35.6 Å². The number of nitrogens with zero attached hydrogens (tertiary/aromatic N) is 3. The lowest BCUT2D eigenvalue weighted by Gasteiger charge is -2.55. The summed E-state index contributed by atoms with van der Waals surface area (Å²) < 4.78 is 0. The van der Waals surface area contributed by atoms with Crippen molar-refractivity contribution in [2.24, 2.45) is 22.7 Å².